The van der Waals surface area contributed by atoms with Crippen LogP contribution in [0.25, 0.3) is 0 Å². The first-order chi connectivity index (χ1) is 6.97. The standard InChI is InChI=1S/C8H4Cl5NO/c9-2-5(15)14-8-4(11)1-3(10)6(12)7(8)13/h1H,2H2,(H,14,15). The van der Waals surface area contributed by atoms with E-state index in [0.29, 0.717) is 0 Å². The second-order valence-electron chi connectivity index (χ2n) is 2.52. The first-order valence-electron chi connectivity index (χ1n) is 3.66. The molecule has 1 rings (SSSR count). The van der Waals surface area contributed by atoms with Crippen molar-refractivity contribution in [2.45, 2.75) is 0 Å². The third kappa shape index (κ3) is 3.05. The van der Waals surface area contributed by atoms with E-state index >= 15 is 0 Å². The summed E-state index contributed by atoms with van der Waals surface area (Å²) in [7, 11) is 0. The molecular formula is C8H4Cl5NO. The number of hydrogen-bond donors (Lipinski definition) is 1. The largest absolute Gasteiger partial charge is 0.322 e. The first kappa shape index (κ1) is 13.2. The van der Waals surface area contributed by atoms with Gasteiger partial charge in [-0.05, 0) is 6.07 Å². The Balaban J connectivity index is 3.18. The summed E-state index contributed by atoms with van der Waals surface area (Å²) in [4.78, 5) is 11.0. The summed E-state index contributed by atoms with van der Waals surface area (Å²) < 4.78 is 0. The molecule has 2 nitrogen and oxygen atoms in total. The Bertz CT molecular complexity index is 407. The summed E-state index contributed by atoms with van der Waals surface area (Å²) in [5.74, 6) is -0.633. The van der Waals surface area contributed by atoms with Gasteiger partial charge in [0.2, 0.25) is 5.91 Å². The van der Waals surface area contributed by atoms with Crippen LogP contribution < -0.4 is 5.32 Å². The van der Waals surface area contributed by atoms with Crippen LogP contribution in [0.1, 0.15) is 0 Å². The summed E-state index contributed by atoms with van der Waals surface area (Å²) in [6.45, 7) is 0. The molecule has 0 unspecified atom stereocenters. The Kier molecular flexibility index (Phi) is 4.81. The van der Waals surface area contributed by atoms with Crippen molar-refractivity contribution in [3.63, 3.8) is 0 Å². The van der Waals surface area contributed by atoms with E-state index < -0.39 is 5.91 Å². The SMILES string of the molecule is O=C(CCl)Nc1c(Cl)cc(Cl)c(Cl)c1Cl. The van der Waals surface area contributed by atoms with Crippen LogP contribution >= 0.6 is 58.0 Å². The van der Waals surface area contributed by atoms with Gasteiger partial charge in [-0.2, -0.15) is 0 Å². The van der Waals surface area contributed by atoms with E-state index in [1.54, 1.807) is 0 Å². The van der Waals surface area contributed by atoms with Crippen LogP contribution in [0.2, 0.25) is 20.1 Å². The number of halogens is 5. The van der Waals surface area contributed by atoms with Crippen molar-refractivity contribution >= 4 is 69.6 Å². The fourth-order valence-electron chi connectivity index (χ4n) is 0.854. The fourth-order valence-corrected chi connectivity index (χ4v) is 1.93. The molecular weight excluding hydrogens is 303 g/mol. The molecule has 15 heavy (non-hydrogen) atoms. The molecule has 0 aliphatic heterocycles. The molecule has 7 heteroatoms. The maximum absolute atomic E-state index is 11.0. The molecule has 0 saturated carbocycles. The third-order valence-corrected chi connectivity index (χ3v) is 3.30. The van der Waals surface area contributed by atoms with Crippen molar-refractivity contribution in [2.24, 2.45) is 0 Å². The molecule has 0 bridgehead atoms. The van der Waals surface area contributed by atoms with E-state index in [1.807, 2.05) is 0 Å². The lowest BCUT2D eigenvalue weighted by Crippen LogP contribution is -2.13. The van der Waals surface area contributed by atoms with Gasteiger partial charge < -0.3 is 5.32 Å². The van der Waals surface area contributed by atoms with Crippen molar-refractivity contribution in [1.29, 1.82) is 0 Å². The number of nitrogens with one attached hydrogen (secondary N) is 1. The van der Waals surface area contributed by atoms with E-state index in [1.165, 1.54) is 6.07 Å². The average molecular weight is 307 g/mol. The molecule has 82 valence electrons. The topological polar surface area (TPSA) is 29.1 Å². The van der Waals surface area contributed by atoms with Gasteiger partial charge in [-0.25, -0.2) is 0 Å². The Hall–Kier alpha value is 0.140. The fraction of sp³-hybridized carbons (Fsp3) is 0.125. The lowest BCUT2D eigenvalue weighted by Gasteiger charge is -2.10. The summed E-state index contributed by atoms with van der Waals surface area (Å²) in [6, 6.07) is 1.39. The van der Waals surface area contributed by atoms with Gasteiger partial charge in [0, 0.05) is 0 Å². The smallest absolute Gasteiger partial charge is 0.239 e. The maximum atomic E-state index is 11.0. The van der Waals surface area contributed by atoms with Crippen LogP contribution in [0.5, 0.6) is 0 Å². The number of carbonyl (C=O) groups is 1. The number of benzene rings is 1. The minimum atomic E-state index is -0.432. The number of carbonyl (C=O) groups excluding carboxylic acids is 1. The number of amides is 1. The van der Waals surface area contributed by atoms with Crippen LogP contribution in [0.4, 0.5) is 5.69 Å². The molecule has 0 heterocycles. The highest BCUT2D eigenvalue weighted by molar-refractivity contribution is 6.51. The van der Waals surface area contributed by atoms with Crippen LogP contribution in [0.3, 0.4) is 0 Å². The minimum Gasteiger partial charge on any atom is -0.322 e. The van der Waals surface area contributed by atoms with Crippen molar-refractivity contribution in [3.8, 4) is 0 Å². The molecule has 1 amide bonds. The molecule has 0 aromatic heterocycles. The Morgan fingerprint density at radius 1 is 1.13 bits per heavy atom. The number of rotatable bonds is 2. The van der Waals surface area contributed by atoms with E-state index in [9.17, 15) is 4.79 Å². The van der Waals surface area contributed by atoms with Gasteiger partial charge >= 0.3 is 0 Å². The van der Waals surface area contributed by atoms with Crippen molar-refractivity contribution < 1.29 is 4.79 Å². The lowest BCUT2D eigenvalue weighted by molar-refractivity contribution is -0.113. The van der Waals surface area contributed by atoms with E-state index in [-0.39, 0.29) is 31.7 Å². The van der Waals surface area contributed by atoms with Crippen molar-refractivity contribution in [3.05, 3.63) is 26.2 Å². The van der Waals surface area contributed by atoms with Crippen LogP contribution in [-0.2, 0) is 4.79 Å². The summed E-state index contributed by atoms with van der Waals surface area (Å²) >= 11 is 28.5. The Morgan fingerprint density at radius 2 is 1.73 bits per heavy atom. The predicted molar refractivity (Wildman–Crippen MR) is 65.8 cm³/mol. The van der Waals surface area contributed by atoms with Gasteiger partial charge in [0.05, 0.1) is 25.8 Å². The number of hydrogen-bond acceptors (Lipinski definition) is 1. The first-order valence-corrected chi connectivity index (χ1v) is 5.70. The second kappa shape index (κ2) is 5.46. The minimum absolute atomic E-state index is 0.0904. The van der Waals surface area contributed by atoms with Crippen molar-refractivity contribution in [2.75, 3.05) is 11.2 Å². The Labute approximate surface area is 111 Å². The van der Waals surface area contributed by atoms with Gasteiger partial charge in [0.1, 0.15) is 5.88 Å². The molecule has 0 atom stereocenters. The molecule has 0 aliphatic carbocycles. The molecule has 0 saturated heterocycles. The summed E-state index contributed by atoms with van der Waals surface area (Å²) in [5, 5.41) is 3.06. The molecule has 1 aromatic rings. The van der Waals surface area contributed by atoms with Gasteiger partial charge in [0.15, 0.2) is 0 Å². The zero-order chi connectivity index (χ0) is 11.6. The Morgan fingerprint density at radius 3 is 2.27 bits per heavy atom. The van der Waals surface area contributed by atoms with Crippen LogP contribution in [0, 0.1) is 0 Å². The third-order valence-electron chi connectivity index (χ3n) is 1.50. The second-order valence-corrected chi connectivity index (χ2v) is 4.36. The van der Waals surface area contributed by atoms with Crippen molar-refractivity contribution in [1.82, 2.24) is 0 Å². The number of anilines is 1. The lowest BCUT2D eigenvalue weighted by atomic mass is 10.3. The quantitative estimate of drug-likeness (QED) is 0.487. The van der Waals surface area contributed by atoms with Gasteiger partial charge in [-0.15, -0.1) is 11.6 Å². The molecule has 0 radical (unpaired) electrons. The van der Waals surface area contributed by atoms with E-state index in [0.717, 1.165) is 0 Å². The summed E-state index contributed by atoms with van der Waals surface area (Å²) in [5.41, 5.74) is 0.207. The van der Waals surface area contributed by atoms with E-state index in [4.69, 9.17) is 58.0 Å². The number of alkyl halides is 1. The van der Waals surface area contributed by atoms with Gasteiger partial charge in [-0.3, -0.25) is 4.79 Å². The molecule has 0 aliphatic rings. The monoisotopic (exact) mass is 305 g/mol. The zero-order valence-electron chi connectivity index (χ0n) is 7.08. The molecule has 1 aromatic carbocycles. The highest BCUT2D eigenvalue weighted by Crippen LogP contribution is 2.40. The molecule has 0 spiro atoms. The summed E-state index contributed by atoms with van der Waals surface area (Å²) in [6.07, 6.45) is 0. The predicted octanol–water partition coefficient (Wildman–Crippen LogP) is 4.48. The highest BCUT2D eigenvalue weighted by atomic mass is 35.5. The van der Waals surface area contributed by atoms with E-state index in [2.05, 4.69) is 5.32 Å². The van der Waals surface area contributed by atoms with Gasteiger partial charge in [0.25, 0.3) is 0 Å². The molecule has 1 N–H and O–H groups in total. The highest BCUT2D eigenvalue weighted by Gasteiger charge is 2.15. The average Bonchev–Trinajstić information content (AvgIpc) is 2.21. The van der Waals surface area contributed by atoms with Crippen LogP contribution in [-0.4, -0.2) is 11.8 Å². The normalized spacial score (nSPS) is 10.2. The zero-order valence-corrected chi connectivity index (χ0v) is 10.9. The van der Waals surface area contributed by atoms with Crippen LogP contribution in [0.15, 0.2) is 6.07 Å². The van der Waals surface area contributed by atoms with Gasteiger partial charge in [-0.1, -0.05) is 46.4 Å². The molecule has 0 fully saturated rings. The maximum Gasteiger partial charge on any atom is 0.239 e.